The number of halogens is 1. The Balaban J connectivity index is 2.05. The first-order chi connectivity index (χ1) is 8.39. The Kier molecular flexibility index (Phi) is 3.99. The Morgan fingerprint density at radius 3 is 2.72 bits per heavy atom. The highest BCUT2D eigenvalue weighted by molar-refractivity contribution is 6.31. The minimum absolute atomic E-state index is 0.513. The van der Waals surface area contributed by atoms with Crippen molar-refractivity contribution < 1.29 is 5.11 Å². The van der Waals surface area contributed by atoms with Crippen LogP contribution in [0.2, 0.25) is 5.02 Å². The molecule has 1 aromatic rings. The molecule has 1 aliphatic rings. The van der Waals surface area contributed by atoms with E-state index in [4.69, 9.17) is 11.6 Å². The van der Waals surface area contributed by atoms with E-state index in [1.807, 2.05) is 25.6 Å². The number of likely N-dealkylation sites (tertiary alicyclic amines) is 1. The van der Waals surface area contributed by atoms with Gasteiger partial charge in [-0.15, -0.1) is 0 Å². The molecule has 1 N–H and O–H groups in total. The van der Waals surface area contributed by atoms with Crippen LogP contribution in [0.25, 0.3) is 0 Å². The molecular weight excluding hydrogens is 250 g/mol. The highest BCUT2D eigenvalue weighted by atomic mass is 35.5. The van der Waals surface area contributed by atoms with Crippen LogP contribution < -0.4 is 0 Å². The van der Waals surface area contributed by atoms with E-state index < -0.39 is 5.60 Å². The van der Waals surface area contributed by atoms with Gasteiger partial charge in [0.1, 0.15) is 0 Å². The largest absolute Gasteiger partial charge is 0.390 e. The molecule has 0 aromatic carbocycles. The predicted molar refractivity (Wildman–Crippen MR) is 72.7 cm³/mol. The molecule has 102 valence electrons. The van der Waals surface area contributed by atoms with Crippen molar-refractivity contribution in [3.8, 4) is 0 Å². The summed E-state index contributed by atoms with van der Waals surface area (Å²) in [5.41, 5.74) is 1.44. The normalized spacial score (nSPS) is 26.3. The van der Waals surface area contributed by atoms with Gasteiger partial charge in [0.05, 0.1) is 22.0 Å². The van der Waals surface area contributed by atoms with Crippen LogP contribution in [0.3, 0.4) is 0 Å². The third-order valence-corrected chi connectivity index (χ3v) is 4.28. The SMILES string of the molecule is Cc1nn(C)c(CN2CCCC(C)(O)CC2)c1Cl. The average molecular weight is 272 g/mol. The third kappa shape index (κ3) is 3.05. The first-order valence-electron chi connectivity index (χ1n) is 6.52. The maximum Gasteiger partial charge on any atom is 0.0860 e. The molecular formula is C13H22ClN3O. The van der Waals surface area contributed by atoms with E-state index in [9.17, 15) is 5.11 Å². The lowest BCUT2D eigenvalue weighted by Crippen LogP contribution is -2.28. The van der Waals surface area contributed by atoms with E-state index in [1.165, 1.54) is 0 Å². The number of aliphatic hydroxyl groups is 1. The number of aromatic nitrogens is 2. The molecule has 1 fully saturated rings. The summed E-state index contributed by atoms with van der Waals surface area (Å²) in [5, 5.41) is 15.2. The van der Waals surface area contributed by atoms with Crippen molar-refractivity contribution in [2.45, 2.75) is 45.3 Å². The van der Waals surface area contributed by atoms with Gasteiger partial charge in [-0.2, -0.15) is 5.10 Å². The van der Waals surface area contributed by atoms with Crippen LogP contribution in [0.1, 0.15) is 37.6 Å². The molecule has 1 aliphatic heterocycles. The molecule has 18 heavy (non-hydrogen) atoms. The van der Waals surface area contributed by atoms with E-state index in [0.29, 0.717) is 0 Å². The van der Waals surface area contributed by atoms with Gasteiger partial charge in [-0.3, -0.25) is 9.58 Å². The van der Waals surface area contributed by atoms with Gasteiger partial charge < -0.3 is 5.11 Å². The quantitative estimate of drug-likeness (QED) is 0.896. The monoisotopic (exact) mass is 271 g/mol. The van der Waals surface area contributed by atoms with Crippen LogP contribution >= 0.6 is 11.6 Å². The van der Waals surface area contributed by atoms with Crippen molar-refractivity contribution in [1.82, 2.24) is 14.7 Å². The van der Waals surface area contributed by atoms with Gasteiger partial charge in [-0.25, -0.2) is 0 Å². The summed E-state index contributed by atoms with van der Waals surface area (Å²) in [6.07, 6.45) is 2.73. The second-order valence-corrected chi connectivity index (χ2v) is 5.97. The highest BCUT2D eigenvalue weighted by Crippen LogP contribution is 2.25. The van der Waals surface area contributed by atoms with E-state index in [1.54, 1.807) is 0 Å². The smallest absolute Gasteiger partial charge is 0.0860 e. The Hall–Kier alpha value is -0.580. The van der Waals surface area contributed by atoms with Gasteiger partial charge in [0.15, 0.2) is 0 Å². The van der Waals surface area contributed by atoms with Crippen molar-refractivity contribution in [2.75, 3.05) is 13.1 Å². The lowest BCUT2D eigenvalue weighted by atomic mass is 9.98. The van der Waals surface area contributed by atoms with Crippen LogP contribution in [0.15, 0.2) is 0 Å². The molecule has 2 rings (SSSR count). The summed E-state index contributed by atoms with van der Waals surface area (Å²) in [4.78, 5) is 2.35. The van der Waals surface area contributed by atoms with Gasteiger partial charge in [0.2, 0.25) is 0 Å². The maximum atomic E-state index is 10.1. The fourth-order valence-corrected chi connectivity index (χ4v) is 2.76. The zero-order valence-electron chi connectivity index (χ0n) is 11.4. The third-order valence-electron chi connectivity index (χ3n) is 3.79. The summed E-state index contributed by atoms with van der Waals surface area (Å²) in [6, 6.07) is 0. The molecule has 1 saturated heterocycles. The highest BCUT2D eigenvalue weighted by Gasteiger charge is 2.25. The van der Waals surface area contributed by atoms with Gasteiger partial charge in [0, 0.05) is 20.1 Å². The van der Waals surface area contributed by atoms with Gasteiger partial charge >= 0.3 is 0 Å². The molecule has 5 heteroatoms. The van der Waals surface area contributed by atoms with Gasteiger partial charge in [0.25, 0.3) is 0 Å². The second kappa shape index (κ2) is 5.19. The summed E-state index contributed by atoms with van der Waals surface area (Å²) < 4.78 is 1.86. The number of hydrogen-bond donors (Lipinski definition) is 1. The zero-order valence-corrected chi connectivity index (χ0v) is 12.2. The van der Waals surface area contributed by atoms with Crippen molar-refractivity contribution >= 4 is 11.6 Å². The summed E-state index contributed by atoms with van der Waals surface area (Å²) in [7, 11) is 1.93. The van der Waals surface area contributed by atoms with E-state index >= 15 is 0 Å². The summed E-state index contributed by atoms with van der Waals surface area (Å²) in [5.74, 6) is 0. The van der Waals surface area contributed by atoms with Gasteiger partial charge in [-0.1, -0.05) is 11.6 Å². The molecule has 0 amide bonds. The van der Waals surface area contributed by atoms with E-state index in [-0.39, 0.29) is 0 Å². The van der Waals surface area contributed by atoms with Crippen molar-refractivity contribution in [3.63, 3.8) is 0 Å². The molecule has 4 nitrogen and oxygen atoms in total. The molecule has 0 radical (unpaired) electrons. The number of aryl methyl sites for hydroxylation is 2. The summed E-state index contributed by atoms with van der Waals surface area (Å²) >= 11 is 6.27. The summed E-state index contributed by atoms with van der Waals surface area (Å²) in [6.45, 7) is 6.59. The van der Waals surface area contributed by atoms with Crippen LogP contribution in [0, 0.1) is 6.92 Å². The average Bonchev–Trinajstić information content (AvgIpc) is 2.46. The Labute approximate surface area is 114 Å². The van der Waals surface area contributed by atoms with Crippen molar-refractivity contribution in [1.29, 1.82) is 0 Å². The standard InChI is InChI=1S/C13H22ClN3O/c1-10-12(14)11(16(3)15-10)9-17-7-4-5-13(2,18)6-8-17/h18H,4-9H2,1-3H3. The van der Waals surface area contributed by atoms with Gasteiger partial charge in [-0.05, 0) is 39.7 Å². The molecule has 0 spiro atoms. The van der Waals surface area contributed by atoms with Crippen molar-refractivity contribution in [2.24, 2.45) is 7.05 Å². The van der Waals surface area contributed by atoms with E-state index in [2.05, 4.69) is 10.00 Å². The van der Waals surface area contributed by atoms with Crippen LogP contribution in [-0.4, -0.2) is 38.5 Å². The topological polar surface area (TPSA) is 41.3 Å². The molecule has 1 atom stereocenters. The zero-order chi connectivity index (χ0) is 13.3. The number of nitrogens with zero attached hydrogens (tertiary/aromatic N) is 3. The van der Waals surface area contributed by atoms with Crippen LogP contribution in [0.5, 0.6) is 0 Å². The molecule has 0 saturated carbocycles. The first kappa shape index (κ1) is 13.8. The van der Waals surface area contributed by atoms with Crippen LogP contribution in [-0.2, 0) is 13.6 Å². The van der Waals surface area contributed by atoms with Crippen molar-refractivity contribution in [3.05, 3.63) is 16.4 Å². The minimum Gasteiger partial charge on any atom is -0.390 e. The maximum absolute atomic E-state index is 10.1. The molecule has 1 aromatic heterocycles. The fourth-order valence-electron chi connectivity index (χ4n) is 2.54. The first-order valence-corrected chi connectivity index (χ1v) is 6.89. The van der Waals surface area contributed by atoms with E-state index in [0.717, 1.165) is 55.3 Å². The fraction of sp³-hybridized carbons (Fsp3) is 0.769. The number of rotatable bonds is 2. The molecule has 2 heterocycles. The second-order valence-electron chi connectivity index (χ2n) is 5.60. The lowest BCUT2D eigenvalue weighted by Gasteiger charge is -2.22. The molecule has 1 unspecified atom stereocenters. The Bertz CT molecular complexity index is 428. The minimum atomic E-state index is -0.513. The number of hydrogen-bond acceptors (Lipinski definition) is 3. The molecule has 0 aliphatic carbocycles. The Morgan fingerprint density at radius 2 is 2.11 bits per heavy atom. The predicted octanol–water partition coefficient (Wildman–Crippen LogP) is 2.12. The Morgan fingerprint density at radius 1 is 1.39 bits per heavy atom. The lowest BCUT2D eigenvalue weighted by molar-refractivity contribution is 0.0443. The molecule has 0 bridgehead atoms. The van der Waals surface area contributed by atoms with Crippen LogP contribution in [0.4, 0.5) is 0 Å².